The average Bonchev–Trinajstić information content (AvgIpc) is 2.43. The molecule has 1 aliphatic carbocycles. The van der Waals surface area contributed by atoms with Crippen LogP contribution in [0.25, 0.3) is 5.57 Å². The minimum absolute atomic E-state index is 0.0258. The Hall–Kier alpha value is -1.40. The molecule has 0 aromatic carbocycles. The normalized spacial score (nSPS) is 16.4. The van der Waals surface area contributed by atoms with E-state index < -0.39 is 15.7 Å². The third-order valence-electron chi connectivity index (χ3n) is 3.06. The van der Waals surface area contributed by atoms with E-state index in [-0.39, 0.29) is 15.5 Å². The molecule has 0 unspecified atom stereocenters. The third-order valence-corrected chi connectivity index (χ3v) is 4.49. The van der Waals surface area contributed by atoms with Gasteiger partial charge in [0.25, 0.3) is 0 Å². The zero-order chi connectivity index (χ0) is 15.6. The minimum Gasteiger partial charge on any atom is -0.497 e. The van der Waals surface area contributed by atoms with Gasteiger partial charge in [0, 0.05) is 30.6 Å². The molecule has 0 amide bonds. The lowest BCUT2D eigenvalue weighted by Crippen LogP contribution is -2.06. The van der Waals surface area contributed by atoms with E-state index in [9.17, 15) is 12.8 Å². The Balaban J connectivity index is 2.61. The molecule has 0 radical (unpaired) electrons. The van der Waals surface area contributed by atoms with Crippen molar-refractivity contribution in [1.29, 1.82) is 0 Å². The highest BCUT2D eigenvalue weighted by molar-refractivity contribution is 7.90. The van der Waals surface area contributed by atoms with Crippen LogP contribution in [-0.4, -0.2) is 26.3 Å². The number of hydrogen-bond acceptors (Lipinski definition) is 4. The van der Waals surface area contributed by atoms with Crippen LogP contribution in [0.4, 0.5) is 4.39 Å². The van der Waals surface area contributed by atoms with Gasteiger partial charge in [-0.1, -0.05) is 11.6 Å². The molecule has 0 spiro atoms. The summed E-state index contributed by atoms with van der Waals surface area (Å²) < 4.78 is 43.0. The van der Waals surface area contributed by atoms with Crippen molar-refractivity contribution in [3.8, 4) is 0 Å². The Kier molecular flexibility index (Phi) is 4.68. The van der Waals surface area contributed by atoms with Gasteiger partial charge in [0.05, 0.1) is 22.1 Å². The lowest BCUT2D eigenvalue weighted by molar-refractivity contribution is 0.218. The number of pyridine rings is 1. The summed E-state index contributed by atoms with van der Waals surface area (Å²) in [6.07, 6.45) is 4.54. The van der Waals surface area contributed by atoms with Crippen molar-refractivity contribution < 1.29 is 17.5 Å². The lowest BCUT2D eigenvalue weighted by atomic mass is 9.98. The number of halogens is 2. The van der Waals surface area contributed by atoms with E-state index in [0.29, 0.717) is 30.8 Å². The smallest absolute Gasteiger partial charge is 0.177 e. The van der Waals surface area contributed by atoms with Gasteiger partial charge in [0.2, 0.25) is 0 Å². The van der Waals surface area contributed by atoms with Crippen molar-refractivity contribution in [3.05, 3.63) is 40.6 Å². The number of ether oxygens (including phenoxy) is 1. The van der Waals surface area contributed by atoms with Crippen LogP contribution in [0.2, 0.25) is 0 Å². The van der Waals surface area contributed by atoms with Crippen molar-refractivity contribution in [2.75, 3.05) is 12.9 Å². The van der Waals surface area contributed by atoms with E-state index >= 15 is 0 Å². The summed E-state index contributed by atoms with van der Waals surface area (Å²) in [5, 5.41) is 0.109. The Morgan fingerprint density at radius 3 is 2.71 bits per heavy atom. The van der Waals surface area contributed by atoms with Gasteiger partial charge in [-0.2, -0.15) is 0 Å². The van der Waals surface area contributed by atoms with Crippen molar-refractivity contribution in [1.82, 2.24) is 4.98 Å². The number of rotatable bonds is 4. The van der Waals surface area contributed by atoms with E-state index in [1.54, 1.807) is 6.92 Å². The molecule has 0 fully saturated rings. The molecule has 0 saturated carbocycles. The number of nitrogens with zero attached hydrogens (tertiary/aromatic N) is 1. The fourth-order valence-corrected chi connectivity index (χ4v) is 2.86. The summed E-state index contributed by atoms with van der Waals surface area (Å²) in [5.74, 6) is -0.120. The van der Waals surface area contributed by atoms with Gasteiger partial charge >= 0.3 is 0 Å². The SMILES string of the molecule is CCOC1=C(c2cncc(S(C)(=O)=O)c2)C(F)=C(Cl)CC1. The quantitative estimate of drug-likeness (QED) is 0.848. The van der Waals surface area contributed by atoms with Gasteiger partial charge in [-0.3, -0.25) is 4.98 Å². The topological polar surface area (TPSA) is 56.3 Å². The second-order valence-electron chi connectivity index (χ2n) is 4.63. The monoisotopic (exact) mass is 331 g/mol. The standard InChI is InChI=1S/C14H15ClFNO3S/c1-3-20-12-5-4-11(15)14(16)13(12)9-6-10(8-17-7-9)21(2,18)19/h6-8H,3-5H2,1-2H3. The van der Waals surface area contributed by atoms with Gasteiger partial charge < -0.3 is 4.74 Å². The molecular weight excluding hydrogens is 317 g/mol. The maximum Gasteiger partial charge on any atom is 0.177 e. The zero-order valence-electron chi connectivity index (χ0n) is 11.7. The van der Waals surface area contributed by atoms with Crippen molar-refractivity contribution >= 4 is 27.0 Å². The Morgan fingerprint density at radius 2 is 2.10 bits per heavy atom. The molecule has 0 atom stereocenters. The maximum atomic E-state index is 14.4. The highest BCUT2D eigenvalue weighted by Crippen LogP contribution is 2.39. The minimum atomic E-state index is -3.42. The summed E-state index contributed by atoms with van der Waals surface area (Å²) in [4.78, 5) is 3.90. The Bertz CT molecular complexity index is 721. The molecule has 0 bridgehead atoms. The molecule has 4 nitrogen and oxygen atoms in total. The molecule has 7 heteroatoms. The molecule has 21 heavy (non-hydrogen) atoms. The maximum absolute atomic E-state index is 14.4. The summed E-state index contributed by atoms with van der Waals surface area (Å²) in [6.45, 7) is 2.19. The fraction of sp³-hybridized carbons (Fsp3) is 0.357. The molecule has 1 aromatic heterocycles. The van der Waals surface area contributed by atoms with Crippen molar-refractivity contribution in [2.24, 2.45) is 0 Å². The first-order chi connectivity index (χ1) is 9.84. The predicted molar refractivity (Wildman–Crippen MR) is 79.1 cm³/mol. The second kappa shape index (κ2) is 6.15. The van der Waals surface area contributed by atoms with E-state index in [1.165, 1.54) is 18.5 Å². The van der Waals surface area contributed by atoms with Crippen molar-refractivity contribution in [3.63, 3.8) is 0 Å². The van der Waals surface area contributed by atoms with Crippen LogP contribution < -0.4 is 0 Å². The number of sulfone groups is 1. The molecule has 1 heterocycles. The van der Waals surface area contributed by atoms with Crippen molar-refractivity contribution in [2.45, 2.75) is 24.7 Å². The molecule has 1 aromatic rings. The van der Waals surface area contributed by atoms with Gasteiger partial charge in [0.1, 0.15) is 11.6 Å². The predicted octanol–water partition coefficient (Wildman–Crippen LogP) is 3.45. The highest BCUT2D eigenvalue weighted by Gasteiger charge is 2.25. The first-order valence-corrected chi connectivity index (χ1v) is 8.67. The van der Waals surface area contributed by atoms with Crippen LogP contribution in [0, 0.1) is 0 Å². The summed E-state index contributed by atoms with van der Waals surface area (Å²) in [5.41, 5.74) is 0.530. The average molecular weight is 332 g/mol. The summed E-state index contributed by atoms with van der Waals surface area (Å²) >= 11 is 5.88. The summed E-state index contributed by atoms with van der Waals surface area (Å²) in [7, 11) is -3.42. The highest BCUT2D eigenvalue weighted by atomic mass is 35.5. The molecule has 2 rings (SSSR count). The number of allylic oxidation sites excluding steroid dienone is 4. The number of aromatic nitrogens is 1. The van der Waals surface area contributed by atoms with E-state index in [0.717, 1.165) is 6.26 Å². The molecule has 0 aliphatic heterocycles. The van der Waals surface area contributed by atoms with E-state index in [1.807, 2.05) is 0 Å². The van der Waals surface area contributed by atoms with Crippen LogP contribution in [0.5, 0.6) is 0 Å². The van der Waals surface area contributed by atoms with E-state index in [2.05, 4.69) is 4.98 Å². The second-order valence-corrected chi connectivity index (χ2v) is 7.10. The van der Waals surface area contributed by atoms with Gasteiger partial charge in [-0.25, -0.2) is 12.8 Å². The van der Waals surface area contributed by atoms with Crippen LogP contribution in [0.3, 0.4) is 0 Å². The third kappa shape index (κ3) is 3.44. The molecule has 1 aliphatic rings. The van der Waals surface area contributed by atoms with Gasteiger partial charge in [-0.15, -0.1) is 0 Å². The zero-order valence-corrected chi connectivity index (χ0v) is 13.3. The van der Waals surface area contributed by atoms with Crippen LogP contribution in [0.15, 0.2) is 40.0 Å². The first-order valence-electron chi connectivity index (χ1n) is 6.40. The molecule has 0 saturated heterocycles. The molecule has 0 N–H and O–H groups in total. The Labute approximate surface area is 128 Å². The van der Waals surface area contributed by atoms with Gasteiger partial charge in [0.15, 0.2) is 9.84 Å². The first kappa shape index (κ1) is 16.0. The van der Waals surface area contributed by atoms with E-state index in [4.69, 9.17) is 16.3 Å². The largest absolute Gasteiger partial charge is 0.497 e. The van der Waals surface area contributed by atoms with Crippen LogP contribution in [0.1, 0.15) is 25.3 Å². The van der Waals surface area contributed by atoms with Crippen LogP contribution in [-0.2, 0) is 14.6 Å². The lowest BCUT2D eigenvalue weighted by Gasteiger charge is -2.20. The van der Waals surface area contributed by atoms with Crippen LogP contribution >= 0.6 is 11.6 Å². The summed E-state index contributed by atoms with van der Waals surface area (Å²) in [6, 6.07) is 1.38. The fourth-order valence-electron chi connectivity index (χ4n) is 2.08. The van der Waals surface area contributed by atoms with Gasteiger partial charge in [-0.05, 0) is 19.4 Å². The molecular formula is C14H15ClFNO3S. The Morgan fingerprint density at radius 1 is 1.38 bits per heavy atom. The number of hydrogen-bond donors (Lipinski definition) is 0. The molecule has 114 valence electrons.